The van der Waals surface area contributed by atoms with Crippen molar-refractivity contribution in [2.75, 3.05) is 18.8 Å². The molecule has 4 nitrogen and oxygen atoms in total. The summed E-state index contributed by atoms with van der Waals surface area (Å²) in [4.78, 5) is 14.6. The number of rotatable bonds is 2. The van der Waals surface area contributed by atoms with Gasteiger partial charge in [0.1, 0.15) is 5.82 Å². The van der Waals surface area contributed by atoms with Crippen LogP contribution in [0, 0.1) is 5.82 Å². The predicted molar refractivity (Wildman–Crippen MR) is 71.3 cm³/mol. The van der Waals surface area contributed by atoms with Gasteiger partial charge in [-0.1, -0.05) is 0 Å². The van der Waals surface area contributed by atoms with Crippen LogP contribution in [0.3, 0.4) is 0 Å². The second-order valence-corrected chi connectivity index (χ2v) is 5.35. The molecule has 5 heteroatoms. The number of halogens is 1. The number of anilines is 1. The maximum atomic E-state index is 13.1. The average molecular weight is 263 g/mol. The fourth-order valence-corrected chi connectivity index (χ4v) is 3.19. The van der Waals surface area contributed by atoms with Crippen LogP contribution in [0.5, 0.6) is 0 Å². The Labute approximate surface area is 111 Å². The molecule has 1 amide bonds. The summed E-state index contributed by atoms with van der Waals surface area (Å²) in [6.45, 7) is 2.20. The van der Waals surface area contributed by atoms with Crippen LogP contribution >= 0.6 is 0 Å². The van der Waals surface area contributed by atoms with E-state index < -0.39 is 5.82 Å². The molecule has 2 aliphatic rings. The average Bonchev–Trinajstić information content (AvgIpc) is 2.97. The summed E-state index contributed by atoms with van der Waals surface area (Å²) in [5.74, 6) is -0.648. The highest BCUT2D eigenvalue weighted by atomic mass is 19.1. The van der Waals surface area contributed by atoms with Crippen molar-refractivity contribution < 1.29 is 9.18 Å². The van der Waals surface area contributed by atoms with E-state index in [1.54, 1.807) is 0 Å². The van der Waals surface area contributed by atoms with Crippen LogP contribution < -0.4 is 11.1 Å². The molecule has 19 heavy (non-hydrogen) atoms. The highest BCUT2D eigenvalue weighted by molar-refractivity contribution is 5.95. The maximum absolute atomic E-state index is 13.1. The number of benzene rings is 1. The Bertz CT molecular complexity index is 505. The van der Waals surface area contributed by atoms with Gasteiger partial charge in [0.25, 0.3) is 5.91 Å². The van der Waals surface area contributed by atoms with Crippen LogP contribution in [0.2, 0.25) is 0 Å². The maximum Gasteiger partial charge on any atom is 0.251 e. The van der Waals surface area contributed by atoms with Crippen molar-refractivity contribution in [2.24, 2.45) is 0 Å². The first-order chi connectivity index (χ1) is 9.15. The lowest BCUT2D eigenvalue weighted by Crippen LogP contribution is -2.42. The van der Waals surface area contributed by atoms with Gasteiger partial charge in [0.2, 0.25) is 0 Å². The van der Waals surface area contributed by atoms with E-state index in [0.29, 0.717) is 11.6 Å². The zero-order chi connectivity index (χ0) is 13.4. The number of nitrogens with zero attached hydrogens (tertiary/aromatic N) is 1. The Morgan fingerprint density at radius 2 is 2.21 bits per heavy atom. The van der Waals surface area contributed by atoms with Crippen molar-refractivity contribution >= 4 is 11.6 Å². The zero-order valence-corrected chi connectivity index (χ0v) is 10.7. The van der Waals surface area contributed by atoms with Crippen molar-refractivity contribution in [1.82, 2.24) is 10.2 Å². The molecule has 2 atom stereocenters. The Morgan fingerprint density at radius 3 is 3.00 bits per heavy atom. The highest BCUT2D eigenvalue weighted by Crippen LogP contribution is 2.28. The minimum Gasteiger partial charge on any atom is -0.396 e. The lowest BCUT2D eigenvalue weighted by molar-refractivity contribution is 0.0929. The number of nitrogen functional groups attached to an aromatic ring is 1. The van der Waals surface area contributed by atoms with Crippen molar-refractivity contribution in [3.05, 3.63) is 29.6 Å². The van der Waals surface area contributed by atoms with Crippen LogP contribution in [-0.4, -0.2) is 36.0 Å². The number of hydrogen-bond donors (Lipinski definition) is 2. The molecule has 0 radical (unpaired) electrons. The highest BCUT2D eigenvalue weighted by Gasteiger charge is 2.37. The molecule has 102 valence electrons. The number of carbonyl (C=O) groups excluding carboxylic acids is 1. The lowest BCUT2D eigenvalue weighted by Gasteiger charge is -2.21. The smallest absolute Gasteiger partial charge is 0.251 e. The molecule has 2 unspecified atom stereocenters. The second kappa shape index (κ2) is 4.81. The molecule has 1 aromatic carbocycles. The van der Waals surface area contributed by atoms with Gasteiger partial charge in [-0.15, -0.1) is 0 Å². The molecule has 0 aliphatic carbocycles. The van der Waals surface area contributed by atoms with E-state index in [9.17, 15) is 9.18 Å². The number of fused-ring (bicyclic) bond motifs is 1. The van der Waals surface area contributed by atoms with Gasteiger partial charge in [0, 0.05) is 24.2 Å². The summed E-state index contributed by atoms with van der Waals surface area (Å²) in [6, 6.07) is 4.79. The quantitative estimate of drug-likeness (QED) is 0.792. The van der Waals surface area contributed by atoms with Gasteiger partial charge in [-0.25, -0.2) is 4.39 Å². The topological polar surface area (TPSA) is 58.4 Å². The Balaban J connectivity index is 1.69. The molecule has 2 fully saturated rings. The third kappa shape index (κ3) is 2.30. The molecule has 2 saturated heterocycles. The molecule has 3 N–H and O–H groups in total. The predicted octanol–water partition coefficient (Wildman–Crippen LogP) is 1.37. The number of amides is 1. The van der Waals surface area contributed by atoms with Gasteiger partial charge in [-0.05, 0) is 44.0 Å². The van der Waals surface area contributed by atoms with Gasteiger partial charge in [-0.3, -0.25) is 9.69 Å². The zero-order valence-electron chi connectivity index (χ0n) is 10.7. The van der Waals surface area contributed by atoms with E-state index in [4.69, 9.17) is 5.73 Å². The first-order valence-electron chi connectivity index (χ1n) is 6.75. The van der Waals surface area contributed by atoms with Crippen LogP contribution in [-0.2, 0) is 0 Å². The van der Waals surface area contributed by atoms with Gasteiger partial charge < -0.3 is 11.1 Å². The number of carbonyl (C=O) groups is 1. The Morgan fingerprint density at radius 1 is 1.37 bits per heavy atom. The third-order valence-electron chi connectivity index (χ3n) is 4.18. The molecule has 0 bridgehead atoms. The molecule has 0 aromatic heterocycles. The summed E-state index contributed by atoms with van der Waals surface area (Å²) in [5, 5.41) is 3.05. The van der Waals surface area contributed by atoms with Crippen molar-refractivity contribution in [3.63, 3.8) is 0 Å². The van der Waals surface area contributed by atoms with E-state index in [-0.39, 0.29) is 17.6 Å². The van der Waals surface area contributed by atoms with E-state index in [1.807, 2.05) is 0 Å². The van der Waals surface area contributed by atoms with Crippen LogP contribution in [0.15, 0.2) is 18.2 Å². The monoisotopic (exact) mass is 263 g/mol. The van der Waals surface area contributed by atoms with E-state index >= 15 is 0 Å². The number of nitrogens with one attached hydrogen (secondary N) is 1. The number of nitrogens with two attached hydrogens (primary N) is 1. The van der Waals surface area contributed by atoms with Crippen LogP contribution in [0.4, 0.5) is 10.1 Å². The molecule has 2 aliphatic heterocycles. The number of hydrogen-bond acceptors (Lipinski definition) is 3. The lowest BCUT2D eigenvalue weighted by atomic mass is 10.1. The van der Waals surface area contributed by atoms with Crippen molar-refractivity contribution in [2.45, 2.75) is 31.3 Å². The summed E-state index contributed by atoms with van der Waals surface area (Å²) >= 11 is 0. The second-order valence-electron chi connectivity index (χ2n) is 5.35. The summed E-state index contributed by atoms with van der Waals surface area (Å²) < 4.78 is 13.1. The van der Waals surface area contributed by atoms with E-state index in [1.165, 1.54) is 24.6 Å². The molecular formula is C14H18FN3O. The van der Waals surface area contributed by atoms with Gasteiger partial charge in [0.05, 0.1) is 5.69 Å². The molecule has 2 heterocycles. The summed E-state index contributed by atoms with van der Waals surface area (Å²) in [5.41, 5.74) is 5.93. The molecule has 0 saturated carbocycles. The molecule has 3 rings (SSSR count). The normalized spacial score (nSPS) is 26.4. The van der Waals surface area contributed by atoms with E-state index in [0.717, 1.165) is 25.9 Å². The van der Waals surface area contributed by atoms with Gasteiger partial charge in [-0.2, -0.15) is 0 Å². The van der Waals surface area contributed by atoms with E-state index in [2.05, 4.69) is 10.2 Å². The van der Waals surface area contributed by atoms with Crippen molar-refractivity contribution in [3.8, 4) is 0 Å². The van der Waals surface area contributed by atoms with Crippen LogP contribution in [0.25, 0.3) is 0 Å². The summed E-state index contributed by atoms with van der Waals surface area (Å²) in [7, 11) is 0. The largest absolute Gasteiger partial charge is 0.396 e. The molecular weight excluding hydrogens is 245 g/mol. The Kier molecular flexibility index (Phi) is 3.14. The van der Waals surface area contributed by atoms with Gasteiger partial charge in [0.15, 0.2) is 0 Å². The Hall–Kier alpha value is -1.62. The SMILES string of the molecule is Nc1cc(C(=O)NC2CCN3CCCC23)ccc1F. The fraction of sp³-hybridized carbons (Fsp3) is 0.500. The summed E-state index contributed by atoms with van der Waals surface area (Å²) in [6.07, 6.45) is 3.35. The molecule has 1 aromatic rings. The minimum atomic E-state index is -0.487. The first kappa shape index (κ1) is 12.4. The minimum absolute atomic E-state index is 0.0153. The third-order valence-corrected chi connectivity index (χ3v) is 4.18. The molecule has 0 spiro atoms. The van der Waals surface area contributed by atoms with Crippen molar-refractivity contribution in [1.29, 1.82) is 0 Å². The van der Waals surface area contributed by atoms with Crippen LogP contribution in [0.1, 0.15) is 29.6 Å². The standard InChI is InChI=1S/C14H18FN3O/c15-10-4-3-9(8-11(10)16)14(19)17-12-5-7-18-6-1-2-13(12)18/h3-4,8,12-13H,1-2,5-7,16H2,(H,17,19). The van der Waals surface area contributed by atoms with Gasteiger partial charge >= 0.3 is 0 Å². The fourth-order valence-electron chi connectivity index (χ4n) is 3.19. The first-order valence-corrected chi connectivity index (χ1v) is 6.75.